The van der Waals surface area contributed by atoms with Gasteiger partial charge < -0.3 is 4.84 Å². The van der Waals surface area contributed by atoms with E-state index in [0.717, 1.165) is 69.8 Å². The van der Waals surface area contributed by atoms with Gasteiger partial charge in [-0.2, -0.15) is 13.2 Å². The Bertz CT molecular complexity index is 1090. The third-order valence-electron chi connectivity index (χ3n) is 7.10. The van der Waals surface area contributed by atoms with E-state index in [2.05, 4.69) is 23.0 Å². The van der Waals surface area contributed by atoms with E-state index in [4.69, 9.17) is 7.58 Å². The molecule has 0 radical (unpaired) electrons. The van der Waals surface area contributed by atoms with Crippen molar-refractivity contribution in [3.8, 4) is 0 Å². The lowest BCUT2D eigenvalue weighted by molar-refractivity contribution is -0.138. The van der Waals surface area contributed by atoms with E-state index in [1.165, 1.54) is 29.7 Å². The van der Waals surface area contributed by atoms with Gasteiger partial charge in [-0.15, -0.1) is 0 Å². The number of nitrogens with zero attached hydrogens (tertiary/aromatic N) is 2. The smallest absolute Gasteiger partial charge is 0.391 e. The van der Waals surface area contributed by atoms with Gasteiger partial charge in [0.25, 0.3) is 0 Å². The highest BCUT2D eigenvalue weighted by Crippen LogP contribution is 2.41. The molecule has 1 heterocycles. The van der Waals surface area contributed by atoms with Crippen LogP contribution in [-0.2, 0) is 30.5 Å². The van der Waals surface area contributed by atoms with Gasteiger partial charge in [0.2, 0.25) is 0 Å². The van der Waals surface area contributed by atoms with Crippen LogP contribution >= 0.6 is 0 Å². The van der Waals surface area contributed by atoms with Gasteiger partial charge in [-0.25, -0.2) is 0 Å². The Hall–Kier alpha value is -2.34. The predicted molar refractivity (Wildman–Crippen MR) is 130 cm³/mol. The minimum Gasteiger partial charge on any atom is -0.391 e. The molecule has 2 aliphatic rings. The Morgan fingerprint density at radius 2 is 1.82 bits per heavy atom. The second-order valence-electron chi connectivity index (χ2n) is 9.47. The number of oxime groups is 1. The lowest BCUT2D eigenvalue weighted by atomic mass is 9.81. The van der Waals surface area contributed by atoms with Crippen molar-refractivity contribution in [3.05, 3.63) is 69.8 Å². The largest absolute Gasteiger partial charge is 0.416 e. The molecule has 1 saturated heterocycles. The summed E-state index contributed by atoms with van der Waals surface area (Å²) in [7, 11) is 0. The van der Waals surface area contributed by atoms with Crippen molar-refractivity contribution in [2.45, 2.75) is 84.0 Å². The molecule has 1 aliphatic heterocycles. The Balaban J connectivity index is 1.53. The van der Waals surface area contributed by atoms with Crippen LogP contribution in [0.25, 0.3) is 0 Å². The molecule has 0 unspecified atom stereocenters. The van der Waals surface area contributed by atoms with Crippen molar-refractivity contribution in [1.82, 2.24) is 4.90 Å². The van der Waals surface area contributed by atoms with Crippen molar-refractivity contribution in [2.24, 2.45) is 5.16 Å². The molecule has 0 bridgehead atoms. The summed E-state index contributed by atoms with van der Waals surface area (Å²) in [6.07, 6.45) is 1.87. The van der Waals surface area contributed by atoms with Gasteiger partial charge in [-0.05, 0) is 91.6 Å². The van der Waals surface area contributed by atoms with Gasteiger partial charge in [-0.3, -0.25) is 4.90 Å². The molecule has 34 heavy (non-hydrogen) atoms. The number of hydrogen-bond acceptors (Lipinski definition) is 3. The van der Waals surface area contributed by atoms with Crippen LogP contribution in [0.1, 0.15) is 94.4 Å². The van der Waals surface area contributed by atoms with Crippen LogP contribution in [0.4, 0.5) is 13.2 Å². The summed E-state index contributed by atoms with van der Waals surface area (Å²) in [4.78, 5) is 7.62. The zero-order valence-electron chi connectivity index (χ0n) is 22.0. The normalized spacial score (nSPS) is 19.4. The summed E-state index contributed by atoms with van der Waals surface area (Å²) < 4.78 is 58.4. The number of alkyl halides is 3. The maximum Gasteiger partial charge on any atom is 0.416 e. The van der Waals surface area contributed by atoms with Crippen LogP contribution in [0, 0.1) is 0 Å². The molecule has 2 aromatic carbocycles. The lowest BCUT2D eigenvalue weighted by Crippen LogP contribution is -2.36. The summed E-state index contributed by atoms with van der Waals surface area (Å²) in [6.45, 7) is 4.45. The molecular weight excluding hydrogens is 437 g/mol. The minimum absolute atomic E-state index is 0.145. The second-order valence-corrected chi connectivity index (χ2v) is 9.47. The number of aryl methyl sites for hydroxylation is 1. The second kappa shape index (κ2) is 10.9. The highest BCUT2D eigenvalue weighted by Gasteiger charge is 2.35. The number of hydrogen-bond donors (Lipinski definition) is 0. The van der Waals surface area contributed by atoms with Crippen molar-refractivity contribution in [2.75, 3.05) is 13.1 Å². The SMILES string of the molecule is [2H]C([2H])(O/N=C(\C)c1ccc(CN2CCC2)c(CC)c1)c1ccc(C2CCCCC2)c(C(F)(F)F)c1. The Morgan fingerprint density at radius 1 is 1.06 bits per heavy atom. The third kappa shape index (κ3) is 6.01. The topological polar surface area (TPSA) is 24.8 Å². The highest BCUT2D eigenvalue weighted by atomic mass is 19.4. The molecule has 1 saturated carbocycles. The number of benzene rings is 2. The number of rotatable bonds is 8. The molecule has 2 fully saturated rings. The van der Waals surface area contributed by atoms with E-state index >= 15 is 0 Å². The predicted octanol–water partition coefficient (Wildman–Crippen LogP) is 7.46. The van der Waals surface area contributed by atoms with Crippen molar-refractivity contribution in [3.63, 3.8) is 0 Å². The molecule has 2 aromatic rings. The van der Waals surface area contributed by atoms with E-state index in [1.54, 1.807) is 6.92 Å². The first-order valence-electron chi connectivity index (χ1n) is 13.4. The van der Waals surface area contributed by atoms with Gasteiger partial charge in [0.1, 0.15) is 6.56 Å². The van der Waals surface area contributed by atoms with Crippen LogP contribution < -0.4 is 0 Å². The molecule has 0 spiro atoms. The lowest BCUT2D eigenvalue weighted by Gasteiger charge is -2.31. The van der Waals surface area contributed by atoms with Crippen LogP contribution in [0.3, 0.4) is 0 Å². The van der Waals surface area contributed by atoms with E-state index in [9.17, 15) is 13.2 Å². The van der Waals surface area contributed by atoms with Crippen molar-refractivity contribution >= 4 is 5.71 Å². The molecule has 0 atom stereocenters. The van der Waals surface area contributed by atoms with Crippen LogP contribution in [-0.4, -0.2) is 23.7 Å². The van der Waals surface area contributed by atoms with Crippen LogP contribution in [0.15, 0.2) is 41.6 Å². The number of halogens is 3. The van der Waals surface area contributed by atoms with Crippen molar-refractivity contribution < 1.29 is 20.8 Å². The Kier molecular flexibility index (Phi) is 7.12. The molecule has 184 valence electrons. The molecule has 1 aliphatic carbocycles. The summed E-state index contributed by atoms with van der Waals surface area (Å²) in [5.41, 5.74) is 3.03. The van der Waals surface area contributed by atoms with Gasteiger partial charge in [0.05, 0.1) is 14.0 Å². The maximum absolute atomic E-state index is 13.9. The molecule has 6 heteroatoms. The average molecular weight is 475 g/mol. The molecule has 4 rings (SSSR count). The highest BCUT2D eigenvalue weighted by molar-refractivity contribution is 5.98. The molecule has 0 N–H and O–H groups in total. The maximum atomic E-state index is 13.9. The summed E-state index contributed by atoms with van der Waals surface area (Å²) in [5, 5.41) is 3.99. The monoisotopic (exact) mass is 474 g/mol. The van der Waals surface area contributed by atoms with Crippen LogP contribution in [0.5, 0.6) is 0 Å². The van der Waals surface area contributed by atoms with E-state index in [-0.39, 0.29) is 17.0 Å². The Morgan fingerprint density at radius 3 is 2.47 bits per heavy atom. The first kappa shape index (κ1) is 22.1. The Labute approximate surface area is 203 Å². The standard InChI is InChI=1S/C28H35F3N2O/c1-3-22-17-24(11-12-25(22)18-33-14-7-15-33)20(2)32-34-19-21-10-13-26(23-8-5-4-6-9-23)27(16-21)28(29,30)31/h10-13,16-17,23H,3-9,14-15,18-19H2,1-2H3/b32-20+/i19D2. The summed E-state index contributed by atoms with van der Waals surface area (Å²) >= 11 is 0. The van der Waals surface area contributed by atoms with Crippen molar-refractivity contribution in [1.29, 1.82) is 0 Å². The van der Waals surface area contributed by atoms with Crippen LogP contribution in [0.2, 0.25) is 0 Å². The average Bonchev–Trinajstić information content (AvgIpc) is 2.84. The molecular formula is C28H35F3N2O. The fraction of sp³-hybridized carbons (Fsp3) is 0.536. The summed E-state index contributed by atoms with van der Waals surface area (Å²) in [6, 6.07) is 9.77. The first-order chi connectivity index (χ1) is 17.1. The van der Waals surface area contributed by atoms with Gasteiger partial charge in [-0.1, -0.05) is 55.6 Å². The zero-order valence-corrected chi connectivity index (χ0v) is 20.0. The molecule has 3 nitrogen and oxygen atoms in total. The van der Waals surface area contributed by atoms with Gasteiger partial charge in [0, 0.05) is 6.54 Å². The first-order valence-corrected chi connectivity index (χ1v) is 12.4. The zero-order chi connectivity index (χ0) is 25.9. The third-order valence-corrected chi connectivity index (χ3v) is 7.10. The molecule has 0 amide bonds. The fourth-order valence-electron chi connectivity index (χ4n) is 4.95. The van der Waals surface area contributed by atoms with E-state index in [1.807, 2.05) is 12.1 Å². The van der Waals surface area contributed by atoms with Gasteiger partial charge in [0.15, 0.2) is 0 Å². The molecule has 0 aromatic heterocycles. The summed E-state index contributed by atoms with van der Waals surface area (Å²) in [5.74, 6) is -0.145. The number of likely N-dealkylation sites (tertiary alicyclic amines) is 1. The van der Waals surface area contributed by atoms with E-state index in [0.29, 0.717) is 5.71 Å². The van der Waals surface area contributed by atoms with Gasteiger partial charge >= 0.3 is 6.18 Å². The van der Waals surface area contributed by atoms with E-state index < -0.39 is 18.3 Å². The fourth-order valence-corrected chi connectivity index (χ4v) is 4.95. The minimum atomic E-state index is -4.56. The quantitative estimate of drug-likeness (QED) is 0.293.